The molecule has 0 atom stereocenters. The maximum Gasteiger partial charge on any atom is 0.226 e. The van der Waals surface area contributed by atoms with Gasteiger partial charge in [-0.05, 0) is 35.4 Å². The van der Waals surface area contributed by atoms with Crippen LogP contribution in [0.4, 0.5) is 10.1 Å². The first-order valence-electron chi connectivity index (χ1n) is 6.95. The number of nitrogens with one attached hydrogen (secondary N) is 2. The van der Waals surface area contributed by atoms with E-state index in [9.17, 15) is 14.0 Å². The van der Waals surface area contributed by atoms with Crippen LogP contribution in [-0.2, 0) is 9.59 Å². The van der Waals surface area contributed by atoms with Gasteiger partial charge in [-0.15, -0.1) is 0 Å². The molecule has 2 aromatic carbocycles. The number of carbonyl (C=O) groups is 2. The van der Waals surface area contributed by atoms with E-state index >= 15 is 0 Å². The molecule has 22 heavy (non-hydrogen) atoms. The van der Waals surface area contributed by atoms with Gasteiger partial charge in [0, 0.05) is 25.6 Å². The zero-order chi connectivity index (χ0) is 15.9. The van der Waals surface area contributed by atoms with E-state index in [4.69, 9.17) is 0 Å². The highest BCUT2D eigenvalue weighted by molar-refractivity contribution is 5.91. The molecule has 0 saturated carbocycles. The third kappa shape index (κ3) is 4.70. The fraction of sp³-hybridized carbons (Fsp3) is 0.176. The predicted molar refractivity (Wildman–Crippen MR) is 83.8 cm³/mol. The molecule has 0 aliphatic heterocycles. The summed E-state index contributed by atoms with van der Waals surface area (Å²) in [5.74, 6) is -0.591. The van der Waals surface area contributed by atoms with E-state index in [0.717, 1.165) is 11.1 Å². The Morgan fingerprint density at radius 2 is 1.50 bits per heavy atom. The lowest BCUT2D eigenvalue weighted by molar-refractivity contribution is -0.119. The summed E-state index contributed by atoms with van der Waals surface area (Å²) < 4.78 is 12.9. The number of rotatable bonds is 5. The van der Waals surface area contributed by atoms with Crippen molar-refractivity contribution in [3.05, 3.63) is 54.3 Å². The van der Waals surface area contributed by atoms with Crippen molar-refractivity contribution in [1.29, 1.82) is 0 Å². The first-order valence-corrected chi connectivity index (χ1v) is 6.95. The highest BCUT2D eigenvalue weighted by Crippen LogP contribution is 2.21. The van der Waals surface area contributed by atoms with Crippen LogP contribution < -0.4 is 10.6 Å². The second kappa shape index (κ2) is 7.36. The quantitative estimate of drug-likeness (QED) is 0.892. The summed E-state index contributed by atoms with van der Waals surface area (Å²) in [6.45, 7) is 1.72. The zero-order valence-corrected chi connectivity index (χ0v) is 12.2. The van der Waals surface area contributed by atoms with Gasteiger partial charge in [-0.1, -0.05) is 24.3 Å². The molecular formula is C17H17FN2O2. The SMILES string of the molecule is CC(=O)NCCC(=O)Nc1ccc(-c2ccc(F)cc2)cc1. The lowest BCUT2D eigenvalue weighted by Crippen LogP contribution is -2.25. The minimum Gasteiger partial charge on any atom is -0.356 e. The monoisotopic (exact) mass is 300 g/mol. The van der Waals surface area contributed by atoms with Crippen molar-refractivity contribution >= 4 is 17.5 Å². The Kier molecular flexibility index (Phi) is 5.25. The van der Waals surface area contributed by atoms with E-state index in [1.54, 1.807) is 24.3 Å². The Balaban J connectivity index is 1.93. The number of anilines is 1. The molecule has 2 amide bonds. The molecular weight excluding hydrogens is 283 g/mol. The van der Waals surface area contributed by atoms with Gasteiger partial charge in [0.1, 0.15) is 5.82 Å². The third-order valence-corrected chi connectivity index (χ3v) is 3.07. The fourth-order valence-corrected chi connectivity index (χ4v) is 1.96. The van der Waals surface area contributed by atoms with Crippen LogP contribution in [0.1, 0.15) is 13.3 Å². The molecule has 0 saturated heterocycles. The molecule has 0 aliphatic rings. The molecule has 2 rings (SSSR count). The average molecular weight is 300 g/mol. The molecule has 4 nitrogen and oxygen atoms in total. The summed E-state index contributed by atoms with van der Waals surface area (Å²) in [4.78, 5) is 22.4. The van der Waals surface area contributed by atoms with Gasteiger partial charge in [-0.3, -0.25) is 9.59 Å². The van der Waals surface area contributed by atoms with Gasteiger partial charge in [0.2, 0.25) is 11.8 Å². The molecule has 5 heteroatoms. The molecule has 0 aromatic heterocycles. The fourth-order valence-electron chi connectivity index (χ4n) is 1.96. The van der Waals surface area contributed by atoms with Crippen LogP contribution in [-0.4, -0.2) is 18.4 Å². The minimum absolute atomic E-state index is 0.156. The van der Waals surface area contributed by atoms with E-state index in [2.05, 4.69) is 10.6 Å². The largest absolute Gasteiger partial charge is 0.356 e. The van der Waals surface area contributed by atoms with Crippen molar-refractivity contribution in [2.24, 2.45) is 0 Å². The molecule has 0 radical (unpaired) electrons. The maximum absolute atomic E-state index is 12.9. The molecule has 0 spiro atoms. The van der Waals surface area contributed by atoms with Gasteiger partial charge < -0.3 is 10.6 Å². The topological polar surface area (TPSA) is 58.2 Å². The van der Waals surface area contributed by atoms with Crippen LogP contribution in [0.15, 0.2) is 48.5 Å². The second-order valence-electron chi connectivity index (χ2n) is 4.87. The summed E-state index contributed by atoms with van der Waals surface area (Å²) in [7, 11) is 0. The maximum atomic E-state index is 12.9. The standard InChI is InChI=1S/C17H17FN2O2/c1-12(21)19-11-10-17(22)20-16-8-4-14(5-9-16)13-2-6-15(18)7-3-13/h2-9H,10-11H2,1H3,(H,19,21)(H,20,22). The molecule has 114 valence electrons. The number of hydrogen-bond acceptors (Lipinski definition) is 2. The summed E-state index contributed by atoms with van der Waals surface area (Å²) in [5.41, 5.74) is 2.53. The number of carbonyl (C=O) groups excluding carboxylic acids is 2. The molecule has 2 aromatic rings. The van der Waals surface area contributed by atoms with Crippen molar-refractivity contribution in [2.45, 2.75) is 13.3 Å². The second-order valence-corrected chi connectivity index (χ2v) is 4.87. The summed E-state index contributed by atoms with van der Waals surface area (Å²) in [5, 5.41) is 5.32. The highest BCUT2D eigenvalue weighted by atomic mass is 19.1. The molecule has 0 aliphatic carbocycles. The Morgan fingerprint density at radius 3 is 2.05 bits per heavy atom. The van der Waals surface area contributed by atoms with Crippen molar-refractivity contribution in [3.8, 4) is 11.1 Å². The van der Waals surface area contributed by atoms with Crippen molar-refractivity contribution in [3.63, 3.8) is 0 Å². The normalized spacial score (nSPS) is 10.1. The lowest BCUT2D eigenvalue weighted by Gasteiger charge is -2.07. The number of halogens is 1. The van der Waals surface area contributed by atoms with Crippen LogP contribution in [0.3, 0.4) is 0 Å². The van der Waals surface area contributed by atoms with Gasteiger partial charge in [0.25, 0.3) is 0 Å². The van der Waals surface area contributed by atoms with E-state index in [0.29, 0.717) is 12.2 Å². The molecule has 0 fully saturated rings. The van der Waals surface area contributed by atoms with E-state index in [-0.39, 0.29) is 24.1 Å². The smallest absolute Gasteiger partial charge is 0.226 e. The Labute approximate surface area is 128 Å². The number of hydrogen-bond donors (Lipinski definition) is 2. The van der Waals surface area contributed by atoms with Gasteiger partial charge >= 0.3 is 0 Å². The highest BCUT2D eigenvalue weighted by Gasteiger charge is 2.03. The number of amides is 2. The predicted octanol–water partition coefficient (Wildman–Crippen LogP) is 2.96. The van der Waals surface area contributed by atoms with Gasteiger partial charge in [0.15, 0.2) is 0 Å². The molecule has 2 N–H and O–H groups in total. The first kappa shape index (κ1) is 15.7. The number of benzene rings is 2. The van der Waals surface area contributed by atoms with Crippen molar-refractivity contribution in [1.82, 2.24) is 5.32 Å². The Bertz CT molecular complexity index is 651. The summed E-state index contributed by atoms with van der Waals surface area (Å²) in [6.07, 6.45) is 0.222. The van der Waals surface area contributed by atoms with Crippen molar-refractivity contribution in [2.75, 3.05) is 11.9 Å². The lowest BCUT2D eigenvalue weighted by atomic mass is 10.1. The van der Waals surface area contributed by atoms with Crippen LogP contribution >= 0.6 is 0 Å². The molecule has 0 unspecified atom stereocenters. The Hall–Kier alpha value is -2.69. The summed E-state index contributed by atoms with van der Waals surface area (Å²) in [6, 6.07) is 13.5. The van der Waals surface area contributed by atoms with Gasteiger partial charge in [-0.25, -0.2) is 4.39 Å². The first-order chi connectivity index (χ1) is 10.5. The molecule has 0 heterocycles. The van der Waals surface area contributed by atoms with Crippen molar-refractivity contribution < 1.29 is 14.0 Å². The zero-order valence-electron chi connectivity index (χ0n) is 12.2. The molecule has 0 bridgehead atoms. The van der Waals surface area contributed by atoms with Crippen LogP contribution in [0, 0.1) is 5.82 Å². The third-order valence-electron chi connectivity index (χ3n) is 3.07. The average Bonchev–Trinajstić information content (AvgIpc) is 2.48. The minimum atomic E-state index is -0.271. The Morgan fingerprint density at radius 1 is 0.955 bits per heavy atom. The summed E-state index contributed by atoms with van der Waals surface area (Å²) >= 11 is 0. The van der Waals surface area contributed by atoms with Gasteiger partial charge in [-0.2, -0.15) is 0 Å². The van der Waals surface area contributed by atoms with Crippen LogP contribution in [0.5, 0.6) is 0 Å². The van der Waals surface area contributed by atoms with E-state index < -0.39 is 0 Å². The van der Waals surface area contributed by atoms with E-state index in [1.165, 1.54) is 19.1 Å². The van der Waals surface area contributed by atoms with E-state index in [1.807, 2.05) is 12.1 Å². The van der Waals surface area contributed by atoms with Gasteiger partial charge in [0.05, 0.1) is 0 Å². The van der Waals surface area contributed by atoms with Crippen LogP contribution in [0.25, 0.3) is 11.1 Å². The van der Waals surface area contributed by atoms with Crippen LogP contribution in [0.2, 0.25) is 0 Å².